The third-order valence-electron chi connectivity index (χ3n) is 4.60. The Kier molecular flexibility index (Phi) is 4.32. The summed E-state index contributed by atoms with van der Waals surface area (Å²) in [6.07, 6.45) is 6.54. The molecule has 0 unspecified atom stereocenters. The molecule has 2 heterocycles. The average molecular weight is 387 g/mol. The molecule has 0 aliphatic heterocycles. The molecule has 0 saturated carbocycles. The van der Waals surface area contributed by atoms with Crippen molar-refractivity contribution in [3.63, 3.8) is 0 Å². The van der Waals surface area contributed by atoms with Crippen LogP contribution in [0.25, 0.3) is 11.2 Å². The molecule has 0 bridgehead atoms. The number of ether oxygens (including phenoxy) is 1. The quantitative estimate of drug-likeness (QED) is 0.446. The van der Waals surface area contributed by atoms with Crippen molar-refractivity contribution in [1.29, 1.82) is 0 Å². The smallest absolute Gasteiger partial charge is 0.351 e. The number of allylic oxidation sites excluding steroid dienone is 1. The Balaban J connectivity index is 1.70. The van der Waals surface area contributed by atoms with Gasteiger partial charge in [-0.2, -0.15) is 0 Å². The maximum Gasteiger partial charge on any atom is 0.351 e. The first kappa shape index (κ1) is 17.8. The predicted octanol–water partition coefficient (Wildman–Crippen LogP) is 1.96. The van der Waals surface area contributed by atoms with Crippen LogP contribution < -0.4 is 5.73 Å². The molecule has 4 N–H and O–H groups in total. The lowest BCUT2D eigenvalue weighted by atomic mass is 9.92. The fourth-order valence-corrected chi connectivity index (χ4v) is 3.74. The minimum atomic E-state index is -4.32. The van der Waals surface area contributed by atoms with Gasteiger partial charge in [-0.25, -0.2) is 15.0 Å². The van der Waals surface area contributed by atoms with E-state index in [4.69, 9.17) is 10.5 Å². The first-order chi connectivity index (χ1) is 12.9. The Bertz CT molecular complexity index is 1050. The Labute approximate surface area is 154 Å². The summed E-state index contributed by atoms with van der Waals surface area (Å²) in [7, 11) is -4.32. The first-order valence-electron chi connectivity index (χ1n) is 8.24. The van der Waals surface area contributed by atoms with Crippen LogP contribution in [0.2, 0.25) is 0 Å². The molecule has 0 amide bonds. The Morgan fingerprint density at radius 3 is 2.78 bits per heavy atom. The van der Waals surface area contributed by atoms with Crippen molar-refractivity contribution in [3.05, 3.63) is 60.7 Å². The number of anilines is 1. The lowest BCUT2D eigenvalue weighted by molar-refractivity contribution is 0.00199. The Hall–Kier alpha value is -2.58. The molecule has 9 nitrogen and oxygen atoms in total. The van der Waals surface area contributed by atoms with Gasteiger partial charge in [0.1, 0.15) is 23.8 Å². The van der Waals surface area contributed by atoms with Crippen molar-refractivity contribution in [2.75, 3.05) is 12.1 Å². The van der Waals surface area contributed by atoms with E-state index in [0.29, 0.717) is 23.4 Å². The van der Waals surface area contributed by atoms with Crippen molar-refractivity contribution in [1.82, 2.24) is 19.5 Å². The van der Waals surface area contributed by atoms with Crippen molar-refractivity contribution in [2.24, 2.45) is 0 Å². The molecule has 4 rings (SSSR count). The van der Waals surface area contributed by atoms with Gasteiger partial charge in [-0.1, -0.05) is 42.5 Å². The van der Waals surface area contributed by atoms with Gasteiger partial charge < -0.3 is 24.8 Å². The van der Waals surface area contributed by atoms with Gasteiger partial charge in [0, 0.05) is 6.42 Å². The van der Waals surface area contributed by atoms with Crippen molar-refractivity contribution < 1.29 is 19.1 Å². The summed E-state index contributed by atoms with van der Waals surface area (Å²) < 4.78 is 19.0. The van der Waals surface area contributed by atoms with Crippen molar-refractivity contribution in [3.8, 4) is 0 Å². The number of hydrogen-bond acceptors (Lipinski definition) is 6. The zero-order valence-electron chi connectivity index (χ0n) is 14.2. The second kappa shape index (κ2) is 6.54. The van der Waals surface area contributed by atoms with Gasteiger partial charge >= 0.3 is 7.60 Å². The van der Waals surface area contributed by atoms with Crippen LogP contribution in [0.1, 0.15) is 18.0 Å². The standard InChI is InChI=1S/C17H18N5O4P/c18-15-14-16(20-9-19-15)22(10-21-14)13-6-7-17(8-13,26-11-27(23,24)25)12-4-2-1-3-5-12/h1-7,9-10,13H,8,11H2,(H2,18,19,20)(H2,23,24,25)/t13-,17+/m0/s1. The molecule has 0 spiro atoms. The minimum Gasteiger partial charge on any atom is -0.382 e. The van der Waals surface area contributed by atoms with Gasteiger partial charge in [-0.3, -0.25) is 4.57 Å². The third-order valence-corrected chi connectivity index (χ3v) is 5.06. The lowest BCUT2D eigenvalue weighted by Crippen LogP contribution is -2.27. The molecule has 0 radical (unpaired) electrons. The highest BCUT2D eigenvalue weighted by atomic mass is 31.2. The number of nitrogen functional groups attached to an aromatic ring is 1. The SMILES string of the molecule is Nc1ncnc2c1ncn2[C@H]1C=C[C@](OCP(=O)(O)O)(c2ccccc2)C1. The normalized spacial score (nSPS) is 22.5. The van der Waals surface area contributed by atoms with E-state index in [9.17, 15) is 14.4 Å². The number of imidazole rings is 1. The number of aromatic nitrogens is 4. The van der Waals surface area contributed by atoms with Gasteiger partial charge in [0.15, 0.2) is 11.5 Å². The van der Waals surface area contributed by atoms with Gasteiger partial charge in [0.05, 0.1) is 12.4 Å². The number of rotatable bonds is 5. The lowest BCUT2D eigenvalue weighted by Gasteiger charge is -2.30. The molecule has 2 atom stereocenters. The van der Waals surface area contributed by atoms with Gasteiger partial charge in [0.25, 0.3) is 0 Å². The third kappa shape index (κ3) is 3.38. The van der Waals surface area contributed by atoms with E-state index in [-0.39, 0.29) is 6.04 Å². The van der Waals surface area contributed by atoms with E-state index in [1.54, 1.807) is 6.33 Å². The number of nitrogens with zero attached hydrogens (tertiary/aromatic N) is 4. The molecule has 27 heavy (non-hydrogen) atoms. The zero-order valence-corrected chi connectivity index (χ0v) is 15.1. The maximum atomic E-state index is 11.4. The van der Waals surface area contributed by atoms with Crippen LogP contribution in [0.15, 0.2) is 55.1 Å². The summed E-state index contributed by atoms with van der Waals surface area (Å²) in [6.45, 7) is 0. The van der Waals surface area contributed by atoms with E-state index >= 15 is 0 Å². The van der Waals surface area contributed by atoms with Gasteiger partial charge in [0.2, 0.25) is 0 Å². The monoisotopic (exact) mass is 387 g/mol. The zero-order chi connectivity index (χ0) is 19.1. The number of nitrogens with two attached hydrogens (primary N) is 1. The summed E-state index contributed by atoms with van der Waals surface area (Å²) in [6, 6.07) is 9.18. The number of benzene rings is 1. The summed E-state index contributed by atoms with van der Waals surface area (Å²) in [4.78, 5) is 31.0. The number of fused-ring (bicyclic) bond motifs is 1. The second-order valence-electron chi connectivity index (χ2n) is 6.41. The summed E-state index contributed by atoms with van der Waals surface area (Å²) >= 11 is 0. The molecule has 2 aromatic heterocycles. The summed E-state index contributed by atoms with van der Waals surface area (Å²) in [5.74, 6) is 0.299. The van der Waals surface area contributed by atoms with E-state index in [0.717, 1.165) is 5.56 Å². The molecule has 3 aromatic rings. The van der Waals surface area contributed by atoms with Gasteiger partial charge in [-0.05, 0) is 5.56 Å². The Morgan fingerprint density at radius 2 is 2.04 bits per heavy atom. The molecule has 0 saturated heterocycles. The fraction of sp³-hybridized carbons (Fsp3) is 0.235. The van der Waals surface area contributed by atoms with E-state index in [1.807, 2.05) is 47.1 Å². The van der Waals surface area contributed by atoms with Crippen molar-refractivity contribution in [2.45, 2.75) is 18.1 Å². The molecule has 1 aliphatic rings. The second-order valence-corrected chi connectivity index (χ2v) is 7.99. The summed E-state index contributed by atoms with van der Waals surface area (Å²) in [5.41, 5.74) is 6.82. The predicted molar refractivity (Wildman–Crippen MR) is 98.6 cm³/mol. The average Bonchev–Trinajstić information content (AvgIpc) is 3.26. The van der Waals surface area contributed by atoms with Crippen LogP contribution in [0.4, 0.5) is 5.82 Å². The Morgan fingerprint density at radius 1 is 1.26 bits per heavy atom. The maximum absolute atomic E-state index is 11.4. The molecule has 140 valence electrons. The first-order valence-corrected chi connectivity index (χ1v) is 10.0. The van der Waals surface area contributed by atoms with Crippen LogP contribution in [0.3, 0.4) is 0 Å². The highest BCUT2D eigenvalue weighted by molar-refractivity contribution is 7.51. The van der Waals surface area contributed by atoms with Crippen molar-refractivity contribution >= 4 is 24.6 Å². The minimum absolute atomic E-state index is 0.165. The molecule has 1 aliphatic carbocycles. The van der Waals surface area contributed by atoms with Crippen LogP contribution in [-0.4, -0.2) is 35.7 Å². The highest BCUT2D eigenvalue weighted by Crippen LogP contribution is 2.46. The van der Waals surface area contributed by atoms with Crippen LogP contribution >= 0.6 is 7.60 Å². The molecule has 1 aromatic carbocycles. The molecular weight excluding hydrogens is 369 g/mol. The van der Waals surface area contributed by atoms with E-state index in [1.165, 1.54) is 6.33 Å². The van der Waals surface area contributed by atoms with Crippen LogP contribution in [0, 0.1) is 0 Å². The number of hydrogen-bond donors (Lipinski definition) is 3. The highest BCUT2D eigenvalue weighted by Gasteiger charge is 2.40. The van der Waals surface area contributed by atoms with E-state index < -0.39 is 19.5 Å². The fourth-order valence-electron chi connectivity index (χ4n) is 3.34. The molecule has 0 fully saturated rings. The largest absolute Gasteiger partial charge is 0.382 e. The van der Waals surface area contributed by atoms with Crippen LogP contribution in [0.5, 0.6) is 0 Å². The molecular formula is C17H18N5O4P. The molecule has 10 heteroatoms. The van der Waals surface area contributed by atoms with Crippen LogP contribution in [-0.2, 0) is 14.9 Å². The topological polar surface area (TPSA) is 136 Å². The summed E-state index contributed by atoms with van der Waals surface area (Å²) in [5, 5.41) is 0. The van der Waals surface area contributed by atoms with E-state index in [2.05, 4.69) is 15.0 Å². The van der Waals surface area contributed by atoms with Gasteiger partial charge in [-0.15, -0.1) is 0 Å².